The summed E-state index contributed by atoms with van der Waals surface area (Å²) in [7, 11) is 3.91. The van der Waals surface area contributed by atoms with Crippen LogP contribution in [0.4, 0.5) is 5.82 Å². The van der Waals surface area contributed by atoms with Crippen LogP contribution in [0.3, 0.4) is 0 Å². The summed E-state index contributed by atoms with van der Waals surface area (Å²) in [6, 6.07) is 0. The maximum Gasteiger partial charge on any atom is 0.176 e. The second kappa shape index (κ2) is 2.23. The Labute approximate surface area is 58.7 Å². The Morgan fingerprint density at radius 1 is 1.56 bits per heavy atom. The van der Waals surface area contributed by atoms with Gasteiger partial charge in [0.1, 0.15) is 5.82 Å². The summed E-state index contributed by atoms with van der Waals surface area (Å²) in [5.74, 6) is 1.00. The Kier molecular flexibility index (Phi) is 1.57. The number of aromatic amines is 2. The predicted molar refractivity (Wildman–Crippen MR) is 40.3 cm³/mol. The molecule has 3 nitrogen and oxygen atoms in total. The molecule has 1 aromatic rings. The smallest absolute Gasteiger partial charge is 0.176 e. The molecule has 1 rings (SSSR count). The van der Waals surface area contributed by atoms with Crippen LogP contribution < -0.4 is 4.90 Å². The van der Waals surface area contributed by atoms with E-state index in [0.29, 0.717) is 4.77 Å². The molecule has 0 amide bonds. The Morgan fingerprint density at radius 2 is 2.22 bits per heavy atom. The molecule has 0 spiro atoms. The summed E-state index contributed by atoms with van der Waals surface area (Å²) >= 11 is 4.81. The third-order valence-electron chi connectivity index (χ3n) is 1.06. The third-order valence-corrected chi connectivity index (χ3v) is 1.28. The van der Waals surface area contributed by atoms with Gasteiger partial charge >= 0.3 is 0 Å². The van der Waals surface area contributed by atoms with Crippen LogP contribution in [0.15, 0.2) is 6.20 Å². The molecule has 2 N–H and O–H groups in total. The fraction of sp³-hybridized carbons (Fsp3) is 0.400. The first-order valence-corrected chi connectivity index (χ1v) is 3.06. The number of hydrogen-bond donors (Lipinski definition) is 2. The Morgan fingerprint density at radius 3 is 2.44 bits per heavy atom. The van der Waals surface area contributed by atoms with E-state index in [9.17, 15) is 0 Å². The van der Waals surface area contributed by atoms with E-state index in [1.165, 1.54) is 0 Å². The minimum Gasteiger partial charge on any atom is -0.363 e. The van der Waals surface area contributed by atoms with Crippen molar-refractivity contribution in [1.29, 1.82) is 0 Å². The zero-order chi connectivity index (χ0) is 6.85. The second-order valence-electron chi connectivity index (χ2n) is 2.02. The molecule has 0 aliphatic carbocycles. The minimum atomic E-state index is 0.665. The molecule has 50 valence electrons. The SMILES string of the molecule is CN(C)c1c[nH]c(=S)[nH]1. The highest BCUT2D eigenvalue weighted by Gasteiger charge is 1.92. The normalized spacial score (nSPS) is 9.56. The van der Waals surface area contributed by atoms with E-state index in [4.69, 9.17) is 12.2 Å². The molecule has 4 heteroatoms. The fourth-order valence-electron chi connectivity index (χ4n) is 0.563. The predicted octanol–water partition coefficient (Wildman–Crippen LogP) is 1.14. The van der Waals surface area contributed by atoms with Crippen LogP contribution in [0.5, 0.6) is 0 Å². The van der Waals surface area contributed by atoms with Crippen LogP contribution in [-0.2, 0) is 0 Å². The molecular formula is C5H9N3S. The van der Waals surface area contributed by atoms with E-state index >= 15 is 0 Å². The number of imidazole rings is 1. The van der Waals surface area contributed by atoms with E-state index in [-0.39, 0.29) is 0 Å². The summed E-state index contributed by atoms with van der Waals surface area (Å²) in [5, 5.41) is 0. The van der Waals surface area contributed by atoms with E-state index in [2.05, 4.69) is 9.97 Å². The van der Waals surface area contributed by atoms with Gasteiger partial charge in [0.05, 0.1) is 0 Å². The highest BCUT2D eigenvalue weighted by Crippen LogP contribution is 2.02. The van der Waals surface area contributed by atoms with Crippen LogP contribution in [0.1, 0.15) is 0 Å². The Bertz CT molecular complexity index is 234. The van der Waals surface area contributed by atoms with Crippen molar-refractivity contribution in [3.63, 3.8) is 0 Å². The van der Waals surface area contributed by atoms with Crippen molar-refractivity contribution in [3.05, 3.63) is 11.0 Å². The summed E-state index contributed by atoms with van der Waals surface area (Å²) in [4.78, 5) is 7.78. The molecular weight excluding hydrogens is 134 g/mol. The molecule has 0 aliphatic heterocycles. The lowest BCUT2D eigenvalue weighted by molar-refractivity contribution is 1.08. The van der Waals surface area contributed by atoms with Gasteiger partial charge < -0.3 is 14.9 Å². The van der Waals surface area contributed by atoms with Gasteiger partial charge in [0, 0.05) is 20.3 Å². The molecule has 0 aliphatic rings. The summed E-state index contributed by atoms with van der Waals surface area (Å²) in [6.45, 7) is 0. The van der Waals surface area contributed by atoms with Gasteiger partial charge in [0.25, 0.3) is 0 Å². The van der Waals surface area contributed by atoms with Crippen LogP contribution >= 0.6 is 12.2 Å². The molecule has 0 atom stereocenters. The quantitative estimate of drug-likeness (QED) is 0.578. The van der Waals surface area contributed by atoms with Gasteiger partial charge in [-0.25, -0.2) is 0 Å². The second-order valence-corrected chi connectivity index (χ2v) is 2.43. The number of nitrogens with one attached hydrogen (secondary N) is 2. The third kappa shape index (κ3) is 1.32. The Hall–Kier alpha value is -0.770. The number of anilines is 1. The number of aromatic nitrogens is 2. The number of nitrogens with zero attached hydrogens (tertiary/aromatic N) is 1. The van der Waals surface area contributed by atoms with Gasteiger partial charge in [-0.2, -0.15) is 0 Å². The molecule has 0 unspecified atom stereocenters. The molecule has 0 saturated heterocycles. The molecule has 0 aromatic carbocycles. The van der Waals surface area contributed by atoms with Gasteiger partial charge in [-0.15, -0.1) is 0 Å². The summed E-state index contributed by atoms with van der Waals surface area (Å²) in [6.07, 6.45) is 1.84. The van der Waals surface area contributed by atoms with Crippen LogP contribution in [0.25, 0.3) is 0 Å². The average Bonchev–Trinajstić information content (AvgIpc) is 2.14. The van der Waals surface area contributed by atoms with Gasteiger partial charge in [0.2, 0.25) is 0 Å². The summed E-state index contributed by atoms with van der Waals surface area (Å²) < 4.78 is 0.665. The molecule has 0 radical (unpaired) electrons. The van der Waals surface area contributed by atoms with Crippen molar-refractivity contribution < 1.29 is 0 Å². The number of H-pyrrole nitrogens is 2. The van der Waals surface area contributed by atoms with Crippen molar-refractivity contribution in [2.45, 2.75) is 0 Å². The first kappa shape index (κ1) is 6.35. The standard InChI is InChI=1S/C5H9N3S/c1-8(2)4-3-6-5(9)7-4/h3H,1-2H3,(H2,6,7,9). The lowest BCUT2D eigenvalue weighted by atomic mass is 10.7. The zero-order valence-corrected chi connectivity index (χ0v) is 6.25. The van der Waals surface area contributed by atoms with Crippen molar-refractivity contribution in [2.24, 2.45) is 0 Å². The van der Waals surface area contributed by atoms with Crippen LogP contribution in [-0.4, -0.2) is 24.1 Å². The minimum absolute atomic E-state index is 0.665. The molecule has 9 heavy (non-hydrogen) atoms. The first-order chi connectivity index (χ1) is 4.20. The van der Waals surface area contributed by atoms with Crippen molar-refractivity contribution in [2.75, 3.05) is 19.0 Å². The van der Waals surface area contributed by atoms with E-state index in [0.717, 1.165) is 5.82 Å². The molecule has 0 bridgehead atoms. The lowest BCUT2D eigenvalue weighted by Crippen LogP contribution is -2.08. The van der Waals surface area contributed by atoms with E-state index < -0.39 is 0 Å². The van der Waals surface area contributed by atoms with Gasteiger partial charge in [-0.3, -0.25) is 0 Å². The van der Waals surface area contributed by atoms with E-state index in [1.807, 2.05) is 25.2 Å². The Balaban J connectivity index is 2.98. The lowest BCUT2D eigenvalue weighted by Gasteiger charge is -2.06. The van der Waals surface area contributed by atoms with Crippen molar-refractivity contribution >= 4 is 18.0 Å². The highest BCUT2D eigenvalue weighted by molar-refractivity contribution is 7.71. The number of hydrogen-bond acceptors (Lipinski definition) is 2. The molecule has 0 fully saturated rings. The average molecular weight is 143 g/mol. The highest BCUT2D eigenvalue weighted by atomic mass is 32.1. The monoisotopic (exact) mass is 143 g/mol. The van der Waals surface area contributed by atoms with Gasteiger partial charge in [-0.05, 0) is 12.2 Å². The number of rotatable bonds is 1. The maximum atomic E-state index is 4.81. The van der Waals surface area contributed by atoms with Gasteiger partial charge in [0.15, 0.2) is 4.77 Å². The maximum absolute atomic E-state index is 4.81. The summed E-state index contributed by atoms with van der Waals surface area (Å²) in [5.41, 5.74) is 0. The topological polar surface area (TPSA) is 34.8 Å². The molecule has 1 heterocycles. The van der Waals surface area contributed by atoms with Crippen LogP contribution in [0.2, 0.25) is 0 Å². The van der Waals surface area contributed by atoms with Gasteiger partial charge in [-0.1, -0.05) is 0 Å². The molecule has 0 saturated carbocycles. The van der Waals surface area contributed by atoms with E-state index in [1.54, 1.807) is 0 Å². The first-order valence-electron chi connectivity index (χ1n) is 2.65. The largest absolute Gasteiger partial charge is 0.363 e. The van der Waals surface area contributed by atoms with Crippen molar-refractivity contribution in [3.8, 4) is 0 Å². The van der Waals surface area contributed by atoms with Crippen LogP contribution in [0, 0.1) is 4.77 Å². The van der Waals surface area contributed by atoms with Crippen molar-refractivity contribution in [1.82, 2.24) is 9.97 Å². The molecule has 1 aromatic heterocycles. The zero-order valence-electron chi connectivity index (χ0n) is 5.43. The fourth-order valence-corrected chi connectivity index (χ4v) is 0.727.